The molecule has 0 aromatic carbocycles. The zero-order valence-corrected chi connectivity index (χ0v) is 10.3. The van der Waals surface area contributed by atoms with Gasteiger partial charge in [0.05, 0.1) is 4.92 Å². The number of hydrogen-bond donors (Lipinski definition) is 1. The molecule has 0 saturated carbocycles. The molecule has 2 saturated heterocycles. The summed E-state index contributed by atoms with van der Waals surface area (Å²) in [6, 6.07) is 0.848. The van der Waals surface area contributed by atoms with Gasteiger partial charge in [0.15, 0.2) is 0 Å². The fourth-order valence-electron chi connectivity index (χ4n) is 3.34. The van der Waals surface area contributed by atoms with E-state index in [1.807, 2.05) is 0 Å². The molecule has 7 heteroatoms. The zero-order chi connectivity index (χ0) is 12.9. The number of nitrogens with zero attached hydrogens (tertiary/aromatic N) is 4. The number of aryl methyl sites for hydroxylation is 1. The van der Waals surface area contributed by atoms with Gasteiger partial charge < -0.3 is 10.6 Å². The highest BCUT2D eigenvalue weighted by molar-refractivity contribution is 5.59. The maximum atomic E-state index is 11.1. The lowest BCUT2D eigenvalue weighted by atomic mass is 9.98. The first-order valence-electron chi connectivity index (χ1n) is 6.28. The summed E-state index contributed by atoms with van der Waals surface area (Å²) in [5.41, 5.74) is 6.11. The van der Waals surface area contributed by atoms with Gasteiger partial charge in [0.2, 0.25) is 5.82 Å². The van der Waals surface area contributed by atoms with Crippen LogP contribution in [0.1, 0.15) is 25.7 Å². The third-order valence-electron chi connectivity index (χ3n) is 4.00. The van der Waals surface area contributed by atoms with E-state index < -0.39 is 0 Å². The summed E-state index contributed by atoms with van der Waals surface area (Å²) in [7, 11) is 1.72. The Labute approximate surface area is 105 Å². The zero-order valence-electron chi connectivity index (χ0n) is 10.3. The number of hydrogen-bond acceptors (Lipinski definition) is 5. The molecule has 3 rings (SSSR count). The van der Waals surface area contributed by atoms with Gasteiger partial charge in [-0.2, -0.15) is 0 Å². The molecule has 98 valence electrons. The van der Waals surface area contributed by atoms with Gasteiger partial charge in [-0.05, 0) is 25.7 Å². The van der Waals surface area contributed by atoms with Crippen LogP contribution in [0.2, 0.25) is 0 Å². The molecule has 18 heavy (non-hydrogen) atoms. The van der Waals surface area contributed by atoms with E-state index >= 15 is 0 Å². The summed E-state index contributed by atoms with van der Waals surface area (Å²) in [4.78, 5) is 12.9. The van der Waals surface area contributed by atoms with Crippen LogP contribution in [0.15, 0.2) is 6.20 Å². The van der Waals surface area contributed by atoms with Crippen molar-refractivity contribution in [1.29, 1.82) is 0 Å². The molecular weight excluding hydrogens is 234 g/mol. The van der Waals surface area contributed by atoms with Gasteiger partial charge in [-0.3, -0.25) is 14.8 Å². The third-order valence-corrected chi connectivity index (χ3v) is 4.00. The minimum absolute atomic E-state index is 0.102. The quantitative estimate of drug-likeness (QED) is 0.619. The highest BCUT2D eigenvalue weighted by atomic mass is 16.6. The minimum Gasteiger partial charge on any atom is -0.343 e. The summed E-state index contributed by atoms with van der Waals surface area (Å²) in [5, 5.41) is 15.4. The van der Waals surface area contributed by atoms with E-state index in [0.29, 0.717) is 17.9 Å². The van der Waals surface area contributed by atoms with Crippen molar-refractivity contribution in [1.82, 2.24) is 9.78 Å². The highest BCUT2D eigenvalue weighted by Gasteiger charge is 2.43. The van der Waals surface area contributed by atoms with Crippen molar-refractivity contribution < 1.29 is 4.92 Å². The van der Waals surface area contributed by atoms with Gasteiger partial charge in [-0.15, -0.1) is 5.10 Å². The number of nitrogens with two attached hydrogens (primary N) is 1. The van der Waals surface area contributed by atoms with Crippen molar-refractivity contribution in [2.45, 2.75) is 43.8 Å². The second-order valence-corrected chi connectivity index (χ2v) is 5.29. The first-order chi connectivity index (χ1) is 8.56. The lowest BCUT2D eigenvalue weighted by Gasteiger charge is -2.37. The molecule has 0 spiro atoms. The van der Waals surface area contributed by atoms with Crippen LogP contribution in [0.4, 0.5) is 11.5 Å². The molecule has 2 aliphatic rings. The summed E-state index contributed by atoms with van der Waals surface area (Å²) in [6.45, 7) is 0. The third kappa shape index (κ3) is 1.66. The molecule has 0 amide bonds. The molecule has 2 bridgehead atoms. The second kappa shape index (κ2) is 3.94. The maximum Gasteiger partial charge on any atom is 0.330 e. The van der Waals surface area contributed by atoms with Gasteiger partial charge in [0.25, 0.3) is 0 Å². The van der Waals surface area contributed by atoms with Crippen molar-refractivity contribution in [3.05, 3.63) is 16.3 Å². The van der Waals surface area contributed by atoms with Crippen LogP contribution in [0.5, 0.6) is 0 Å². The molecule has 0 radical (unpaired) electrons. The first-order valence-corrected chi connectivity index (χ1v) is 6.28. The van der Waals surface area contributed by atoms with E-state index in [1.165, 1.54) is 10.9 Å². The number of aromatic nitrogens is 2. The molecule has 1 aromatic heterocycles. The monoisotopic (exact) mass is 251 g/mol. The van der Waals surface area contributed by atoms with Crippen molar-refractivity contribution >= 4 is 11.5 Å². The Kier molecular flexibility index (Phi) is 2.51. The Morgan fingerprint density at radius 3 is 2.61 bits per heavy atom. The van der Waals surface area contributed by atoms with E-state index in [9.17, 15) is 10.1 Å². The molecule has 1 aromatic rings. The normalized spacial score (nSPS) is 30.8. The van der Waals surface area contributed by atoms with Crippen LogP contribution in [0.3, 0.4) is 0 Å². The van der Waals surface area contributed by atoms with Crippen molar-refractivity contribution in [2.75, 3.05) is 4.90 Å². The van der Waals surface area contributed by atoms with Crippen molar-refractivity contribution in [3.8, 4) is 0 Å². The Balaban J connectivity index is 1.98. The standard InChI is InChI=1S/C11H17N5O2/c1-14-6-10(16(17)18)11(13-14)15-8-2-3-9(15)5-7(12)4-8/h6-9H,2-5,12H2,1H3. The lowest BCUT2D eigenvalue weighted by Crippen LogP contribution is -2.47. The molecule has 2 unspecified atom stereocenters. The average Bonchev–Trinajstić information content (AvgIpc) is 2.78. The van der Waals surface area contributed by atoms with Crippen LogP contribution in [0.25, 0.3) is 0 Å². The average molecular weight is 251 g/mol. The van der Waals surface area contributed by atoms with E-state index in [4.69, 9.17) is 5.73 Å². The Hall–Kier alpha value is -1.63. The first kappa shape index (κ1) is 11.5. The van der Waals surface area contributed by atoms with Gasteiger partial charge in [-0.1, -0.05) is 0 Å². The summed E-state index contributed by atoms with van der Waals surface area (Å²) in [5.74, 6) is 0.516. The van der Waals surface area contributed by atoms with Gasteiger partial charge in [0.1, 0.15) is 6.20 Å². The predicted molar refractivity (Wildman–Crippen MR) is 66.4 cm³/mol. The number of nitro groups is 1. The molecule has 2 aliphatic heterocycles. The number of piperidine rings is 1. The van der Waals surface area contributed by atoms with E-state index in [0.717, 1.165) is 25.7 Å². The van der Waals surface area contributed by atoms with Crippen LogP contribution >= 0.6 is 0 Å². The van der Waals surface area contributed by atoms with E-state index in [-0.39, 0.29) is 16.7 Å². The molecule has 2 fully saturated rings. The minimum atomic E-state index is -0.351. The summed E-state index contributed by atoms with van der Waals surface area (Å²) < 4.78 is 1.52. The Bertz CT molecular complexity index is 472. The molecule has 7 nitrogen and oxygen atoms in total. The SMILES string of the molecule is Cn1cc([N+](=O)[O-])c(N2C3CCC2CC(N)C3)n1. The van der Waals surface area contributed by atoms with Gasteiger partial charge in [0, 0.05) is 25.2 Å². The largest absolute Gasteiger partial charge is 0.343 e. The molecule has 3 heterocycles. The summed E-state index contributed by atoms with van der Waals surface area (Å²) in [6.07, 6.45) is 5.41. The highest BCUT2D eigenvalue weighted by Crippen LogP contribution is 2.41. The maximum absolute atomic E-state index is 11.1. The van der Waals surface area contributed by atoms with Crippen LogP contribution < -0.4 is 10.6 Å². The van der Waals surface area contributed by atoms with Crippen molar-refractivity contribution in [3.63, 3.8) is 0 Å². The van der Waals surface area contributed by atoms with Gasteiger partial charge in [-0.25, -0.2) is 0 Å². The summed E-state index contributed by atoms with van der Waals surface area (Å²) >= 11 is 0. The second-order valence-electron chi connectivity index (χ2n) is 5.29. The topological polar surface area (TPSA) is 90.2 Å². The fraction of sp³-hybridized carbons (Fsp3) is 0.727. The van der Waals surface area contributed by atoms with Crippen LogP contribution in [-0.4, -0.2) is 32.8 Å². The molecular formula is C11H17N5O2. The number of anilines is 1. The smallest absolute Gasteiger partial charge is 0.330 e. The van der Waals surface area contributed by atoms with Crippen LogP contribution in [-0.2, 0) is 7.05 Å². The lowest BCUT2D eigenvalue weighted by molar-refractivity contribution is -0.384. The molecule has 0 aliphatic carbocycles. The Morgan fingerprint density at radius 2 is 2.06 bits per heavy atom. The number of fused-ring (bicyclic) bond motifs is 2. The fourth-order valence-corrected chi connectivity index (χ4v) is 3.34. The van der Waals surface area contributed by atoms with Gasteiger partial charge >= 0.3 is 5.69 Å². The Morgan fingerprint density at radius 1 is 1.44 bits per heavy atom. The number of rotatable bonds is 2. The van der Waals surface area contributed by atoms with Crippen molar-refractivity contribution in [2.24, 2.45) is 12.8 Å². The predicted octanol–water partition coefficient (Wildman–Crippen LogP) is 0.787. The van der Waals surface area contributed by atoms with Crippen LogP contribution in [0, 0.1) is 10.1 Å². The van der Waals surface area contributed by atoms with E-state index in [2.05, 4.69) is 10.00 Å². The molecule has 2 atom stereocenters. The molecule has 2 N–H and O–H groups in total. The van der Waals surface area contributed by atoms with E-state index in [1.54, 1.807) is 7.05 Å².